The molecule has 0 atom stereocenters. The highest BCUT2D eigenvalue weighted by Crippen LogP contribution is 2.35. The summed E-state index contributed by atoms with van der Waals surface area (Å²) in [5, 5.41) is 1.71. The number of carbonyl (C=O) groups is 1. The Labute approximate surface area is 173 Å². The molecule has 144 valence electrons. The standard InChI is InChI=1S/C27H18FNO/c1-17-7-2-3-8-20(17)27(30)19-15-13-18(14-16-19)25-21-9-4-5-12-24(21)29-26-22(25)10-6-11-23(26)28/h2-16H,1H3. The van der Waals surface area contributed by atoms with E-state index in [1.165, 1.54) is 6.07 Å². The Morgan fingerprint density at radius 3 is 2.27 bits per heavy atom. The van der Waals surface area contributed by atoms with Crippen LogP contribution in [0.25, 0.3) is 32.9 Å². The molecular formula is C27H18FNO. The van der Waals surface area contributed by atoms with Gasteiger partial charge in [0, 0.05) is 27.5 Å². The molecule has 0 saturated heterocycles. The first-order chi connectivity index (χ1) is 14.6. The van der Waals surface area contributed by atoms with Crippen LogP contribution in [0.15, 0.2) is 91.0 Å². The van der Waals surface area contributed by atoms with Crippen molar-refractivity contribution < 1.29 is 9.18 Å². The second-order valence-corrected chi connectivity index (χ2v) is 7.36. The molecule has 1 aromatic heterocycles. The summed E-state index contributed by atoms with van der Waals surface area (Å²) in [6.45, 7) is 1.94. The Kier molecular flexibility index (Phi) is 4.36. The third-order valence-corrected chi connectivity index (χ3v) is 5.49. The Morgan fingerprint density at radius 1 is 0.767 bits per heavy atom. The number of para-hydroxylation sites is 2. The normalized spacial score (nSPS) is 11.1. The van der Waals surface area contributed by atoms with E-state index in [1.807, 2.05) is 85.8 Å². The van der Waals surface area contributed by atoms with E-state index in [1.54, 1.807) is 6.07 Å². The molecule has 0 aliphatic carbocycles. The van der Waals surface area contributed by atoms with Crippen LogP contribution in [0, 0.1) is 12.7 Å². The van der Waals surface area contributed by atoms with Gasteiger partial charge in [0.2, 0.25) is 0 Å². The Morgan fingerprint density at radius 2 is 1.47 bits per heavy atom. The van der Waals surface area contributed by atoms with Crippen molar-refractivity contribution in [3.63, 3.8) is 0 Å². The number of carbonyl (C=O) groups excluding carboxylic acids is 1. The van der Waals surface area contributed by atoms with Crippen LogP contribution in [0.5, 0.6) is 0 Å². The van der Waals surface area contributed by atoms with Crippen LogP contribution in [-0.4, -0.2) is 10.8 Å². The van der Waals surface area contributed by atoms with Crippen molar-refractivity contribution in [1.29, 1.82) is 0 Å². The minimum absolute atomic E-state index is 0.00450. The van der Waals surface area contributed by atoms with Gasteiger partial charge in [0.25, 0.3) is 0 Å². The molecule has 0 spiro atoms. The molecule has 0 saturated carbocycles. The monoisotopic (exact) mass is 391 g/mol. The number of halogens is 1. The summed E-state index contributed by atoms with van der Waals surface area (Å²) < 4.78 is 14.5. The predicted octanol–water partition coefficient (Wildman–Crippen LogP) is 6.73. The summed E-state index contributed by atoms with van der Waals surface area (Å²) in [5.74, 6) is -0.346. The van der Waals surface area contributed by atoms with Gasteiger partial charge in [-0.15, -0.1) is 0 Å². The average molecular weight is 391 g/mol. The smallest absolute Gasteiger partial charge is 0.193 e. The third-order valence-electron chi connectivity index (χ3n) is 5.49. The summed E-state index contributed by atoms with van der Waals surface area (Å²) in [4.78, 5) is 17.5. The molecule has 0 bridgehead atoms. The number of hydrogen-bond donors (Lipinski definition) is 0. The zero-order chi connectivity index (χ0) is 20.7. The van der Waals surface area contributed by atoms with Gasteiger partial charge in [0.05, 0.1) is 5.52 Å². The van der Waals surface area contributed by atoms with Crippen LogP contribution in [0.3, 0.4) is 0 Å². The van der Waals surface area contributed by atoms with Gasteiger partial charge < -0.3 is 0 Å². The maximum atomic E-state index is 14.5. The van der Waals surface area contributed by atoms with Crippen LogP contribution in [-0.2, 0) is 0 Å². The minimum Gasteiger partial charge on any atom is -0.289 e. The molecule has 0 unspecified atom stereocenters. The lowest BCUT2D eigenvalue weighted by Gasteiger charge is -2.12. The van der Waals surface area contributed by atoms with Gasteiger partial charge in [-0.2, -0.15) is 0 Å². The van der Waals surface area contributed by atoms with Crippen molar-refractivity contribution in [2.75, 3.05) is 0 Å². The molecule has 0 N–H and O–H groups in total. The van der Waals surface area contributed by atoms with Crippen molar-refractivity contribution in [1.82, 2.24) is 4.98 Å². The summed E-state index contributed by atoms with van der Waals surface area (Å²) >= 11 is 0. The number of aromatic nitrogens is 1. The van der Waals surface area contributed by atoms with E-state index in [-0.39, 0.29) is 11.6 Å². The molecule has 5 rings (SSSR count). The summed E-state index contributed by atoms with van der Waals surface area (Å²) in [6, 6.07) is 27.9. The second kappa shape index (κ2) is 7.20. The van der Waals surface area contributed by atoms with Crippen molar-refractivity contribution in [2.24, 2.45) is 0 Å². The zero-order valence-electron chi connectivity index (χ0n) is 16.4. The quantitative estimate of drug-likeness (QED) is 0.252. The molecule has 4 aromatic carbocycles. The number of aryl methyl sites for hydroxylation is 1. The summed E-state index contributed by atoms with van der Waals surface area (Å²) in [5.41, 5.74) is 5.22. The highest BCUT2D eigenvalue weighted by molar-refractivity contribution is 6.12. The Hall–Kier alpha value is -3.85. The highest BCUT2D eigenvalue weighted by atomic mass is 19.1. The molecule has 30 heavy (non-hydrogen) atoms. The molecule has 0 radical (unpaired) electrons. The van der Waals surface area contributed by atoms with E-state index >= 15 is 0 Å². The van der Waals surface area contributed by atoms with E-state index < -0.39 is 0 Å². The van der Waals surface area contributed by atoms with Crippen molar-refractivity contribution >= 4 is 27.6 Å². The van der Waals surface area contributed by atoms with E-state index in [9.17, 15) is 9.18 Å². The molecule has 0 aliphatic heterocycles. The van der Waals surface area contributed by atoms with Gasteiger partial charge in [0.15, 0.2) is 5.78 Å². The molecule has 0 amide bonds. The number of hydrogen-bond acceptors (Lipinski definition) is 2. The van der Waals surface area contributed by atoms with Crippen LogP contribution in [0.1, 0.15) is 21.5 Å². The van der Waals surface area contributed by atoms with Gasteiger partial charge in [-0.1, -0.05) is 78.9 Å². The van der Waals surface area contributed by atoms with Crippen molar-refractivity contribution in [3.05, 3.63) is 114 Å². The van der Waals surface area contributed by atoms with Gasteiger partial charge >= 0.3 is 0 Å². The second-order valence-electron chi connectivity index (χ2n) is 7.36. The van der Waals surface area contributed by atoms with E-state index in [2.05, 4.69) is 4.98 Å². The number of ketones is 1. The number of nitrogens with zero attached hydrogens (tertiary/aromatic N) is 1. The van der Waals surface area contributed by atoms with E-state index in [0.29, 0.717) is 16.6 Å². The summed E-state index contributed by atoms with van der Waals surface area (Å²) in [6.07, 6.45) is 0. The van der Waals surface area contributed by atoms with Crippen molar-refractivity contribution in [3.8, 4) is 11.1 Å². The molecule has 5 aromatic rings. The largest absolute Gasteiger partial charge is 0.289 e. The maximum absolute atomic E-state index is 14.5. The SMILES string of the molecule is Cc1ccccc1C(=O)c1ccc(-c2c3ccccc3nc3c(F)cccc23)cc1. The predicted molar refractivity (Wildman–Crippen MR) is 119 cm³/mol. The fraction of sp³-hybridized carbons (Fsp3) is 0.0370. The van der Waals surface area contributed by atoms with Crippen molar-refractivity contribution in [2.45, 2.75) is 6.92 Å². The number of fused-ring (bicyclic) bond motifs is 2. The first-order valence-electron chi connectivity index (χ1n) is 9.81. The zero-order valence-corrected chi connectivity index (χ0v) is 16.4. The van der Waals surface area contributed by atoms with Crippen LogP contribution in [0.2, 0.25) is 0 Å². The lowest BCUT2D eigenvalue weighted by atomic mass is 9.93. The third kappa shape index (κ3) is 2.96. The van der Waals surface area contributed by atoms with Crippen LogP contribution < -0.4 is 0 Å². The number of pyridine rings is 1. The van der Waals surface area contributed by atoms with Gasteiger partial charge in [-0.25, -0.2) is 9.37 Å². The molecule has 0 aliphatic rings. The Balaban J connectivity index is 1.68. The summed E-state index contributed by atoms with van der Waals surface area (Å²) in [7, 11) is 0. The highest BCUT2D eigenvalue weighted by Gasteiger charge is 2.15. The lowest BCUT2D eigenvalue weighted by Crippen LogP contribution is -2.03. The van der Waals surface area contributed by atoms with E-state index in [4.69, 9.17) is 0 Å². The molecule has 0 fully saturated rings. The van der Waals surface area contributed by atoms with Gasteiger partial charge in [-0.3, -0.25) is 4.79 Å². The van der Waals surface area contributed by atoms with Crippen LogP contribution in [0.4, 0.5) is 4.39 Å². The van der Waals surface area contributed by atoms with Crippen LogP contribution >= 0.6 is 0 Å². The topological polar surface area (TPSA) is 30.0 Å². The first-order valence-corrected chi connectivity index (χ1v) is 9.81. The molecule has 2 nitrogen and oxygen atoms in total. The first kappa shape index (κ1) is 18.2. The van der Waals surface area contributed by atoms with Gasteiger partial charge in [0.1, 0.15) is 11.3 Å². The molecule has 3 heteroatoms. The van der Waals surface area contributed by atoms with E-state index in [0.717, 1.165) is 33.0 Å². The molecule has 1 heterocycles. The fourth-order valence-corrected chi connectivity index (χ4v) is 3.96. The maximum Gasteiger partial charge on any atom is 0.193 e. The van der Waals surface area contributed by atoms with Gasteiger partial charge in [-0.05, 0) is 30.2 Å². The minimum atomic E-state index is -0.342. The molecular weight excluding hydrogens is 373 g/mol. The fourth-order valence-electron chi connectivity index (χ4n) is 3.96. The number of benzene rings is 4. The lowest BCUT2D eigenvalue weighted by molar-refractivity contribution is 0.103. The average Bonchev–Trinajstić information content (AvgIpc) is 2.78. The number of rotatable bonds is 3. The Bertz CT molecular complexity index is 1420.